The smallest absolute Gasteiger partial charge is 0.294 e. The van der Waals surface area contributed by atoms with E-state index in [1.54, 1.807) is 0 Å². The molecule has 0 N–H and O–H groups in total. The molecular formula is C14H16ClNO3. The van der Waals surface area contributed by atoms with Crippen molar-refractivity contribution in [2.75, 3.05) is 13.1 Å². The topological polar surface area (TPSA) is 46.6 Å². The van der Waals surface area contributed by atoms with Crippen LogP contribution in [0.2, 0.25) is 0 Å². The summed E-state index contributed by atoms with van der Waals surface area (Å²) in [5.74, 6) is -0.0782. The first kappa shape index (κ1) is 14.0. The molecule has 1 aromatic rings. The monoisotopic (exact) mass is 281 g/mol. The summed E-state index contributed by atoms with van der Waals surface area (Å²) in [5.41, 5.74) is 0.935. The Hall–Kier alpha value is -1.39. The molecule has 0 bridgehead atoms. The summed E-state index contributed by atoms with van der Waals surface area (Å²) in [6.45, 7) is 1.85. The van der Waals surface area contributed by atoms with Crippen LogP contribution < -0.4 is 0 Å². The molecule has 0 aromatic heterocycles. The first-order valence-electron chi connectivity index (χ1n) is 6.30. The second-order valence-corrected chi connectivity index (χ2v) is 4.98. The van der Waals surface area contributed by atoms with Gasteiger partial charge in [0.15, 0.2) is 6.23 Å². The van der Waals surface area contributed by atoms with Crippen molar-refractivity contribution >= 4 is 23.3 Å². The number of carbonyl (C=O) groups is 2. The van der Waals surface area contributed by atoms with Crippen LogP contribution in [-0.2, 0) is 14.3 Å². The van der Waals surface area contributed by atoms with Crippen LogP contribution >= 0.6 is 11.6 Å². The standard InChI is InChI=1S/C14H16ClNO3/c15-13(18)11-6-8-16(9-7-11)14(19-10-17)12-4-2-1-3-5-12/h1-5,10-11,14H,6-9H2. The molecule has 19 heavy (non-hydrogen) atoms. The Morgan fingerprint density at radius 3 is 2.47 bits per heavy atom. The normalized spacial score (nSPS) is 18.8. The van der Waals surface area contributed by atoms with Crippen LogP contribution in [0, 0.1) is 5.92 Å². The second-order valence-electron chi connectivity index (χ2n) is 4.61. The Kier molecular flexibility index (Phi) is 4.93. The van der Waals surface area contributed by atoms with Crippen molar-refractivity contribution in [3.63, 3.8) is 0 Å². The van der Waals surface area contributed by atoms with Gasteiger partial charge in [0.25, 0.3) is 6.47 Å². The number of hydrogen-bond donors (Lipinski definition) is 0. The summed E-state index contributed by atoms with van der Waals surface area (Å²) in [4.78, 5) is 23.9. The van der Waals surface area contributed by atoms with Crippen LogP contribution in [0.5, 0.6) is 0 Å². The van der Waals surface area contributed by atoms with Crippen LogP contribution in [0.4, 0.5) is 0 Å². The maximum absolute atomic E-state index is 11.1. The molecule has 4 nitrogen and oxygen atoms in total. The van der Waals surface area contributed by atoms with Crippen LogP contribution in [-0.4, -0.2) is 29.7 Å². The average Bonchev–Trinajstić information content (AvgIpc) is 2.46. The third-order valence-electron chi connectivity index (χ3n) is 3.45. The summed E-state index contributed by atoms with van der Waals surface area (Å²) in [5, 5.41) is -0.271. The first-order chi connectivity index (χ1) is 9.22. The molecule has 5 heteroatoms. The van der Waals surface area contributed by atoms with Gasteiger partial charge in [-0.1, -0.05) is 30.3 Å². The maximum atomic E-state index is 11.1. The minimum atomic E-state index is -0.384. The van der Waals surface area contributed by atoms with Gasteiger partial charge in [0, 0.05) is 24.6 Å². The molecule has 102 valence electrons. The fourth-order valence-corrected chi connectivity index (χ4v) is 2.62. The lowest BCUT2D eigenvalue weighted by Crippen LogP contribution is -2.39. The average molecular weight is 282 g/mol. The van der Waals surface area contributed by atoms with Crippen molar-refractivity contribution in [2.45, 2.75) is 19.1 Å². The highest BCUT2D eigenvalue weighted by atomic mass is 35.5. The second kappa shape index (κ2) is 6.68. The van der Waals surface area contributed by atoms with E-state index in [0.29, 0.717) is 32.4 Å². The maximum Gasteiger partial charge on any atom is 0.294 e. The number of carbonyl (C=O) groups excluding carboxylic acids is 2. The zero-order chi connectivity index (χ0) is 13.7. The summed E-state index contributed by atoms with van der Waals surface area (Å²) < 4.78 is 5.19. The molecule has 1 atom stereocenters. The lowest BCUT2D eigenvalue weighted by atomic mass is 9.97. The predicted molar refractivity (Wildman–Crippen MR) is 71.5 cm³/mol. The third-order valence-corrected chi connectivity index (χ3v) is 3.76. The number of likely N-dealkylation sites (tertiary alicyclic amines) is 1. The molecule has 2 rings (SSSR count). The summed E-state index contributed by atoms with van der Waals surface area (Å²) >= 11 is 5.52. The van der Waals surface area contributed by atoms with Crippen molar-refractivity contribution in [2.24, 2.45) is 5.92 Å². The SMILES string of the molecule is O=COC(c1ccccc1)N1CCC(C(=O)Cl)CC1. The molecular weight excluding hydrogens is 266 g/mol. The van der Waals surface area contributed by atoms with E-state index in [4.69, 9.17) is 16.3 Å². The van der Waals surface area contributed by atoms with E-state index in [0.717, 1.165) is 5.56 Å². The molecule has 1 fully saturated rings. The fraction of sp³-hybridized carbons (Fsp3) is 0.429. The number of halogens is 1. The Morgan fingerprint density at radius 2 is 1.95 bits per heavy atom. The Balaban J connectivity index is 2.05. The van der Waals surface area contributed by atoms with Crippen molar-refractivity contribution in [3.8, 4) is 0 Å². The van der Waals surface area contributed by atoms with Crippen molar-refractivity contribution in [1.82, 2.24) is 4.90 Å². The Bertz CT molecular complexity index is 430. The van der Waals surface area contributed by atoms with Gasteiger partial charge in [0.05, 0.1) is 0 Å². The third kappa shape index (κ3) is 3.55. The van der Waals surface area contributed by atoms with Gasteiger partial charge in [-0.15, -0.1) is 0 Å². The zero-order valence-corrected chi connectivity index (χ0v) is 11.3. The van der Waals surface area contributed by atoms with Gasteiger partial charge in [0.2, 0.25) is 5.24 Å². The molecule has 0 aliphatic carbocycles. The van der Waals surface area contributed by atoms with Crippen LogP contribution in [0.15, 0.2) is 30.3 Å². The van der Waals surface area contributed by atoms with Gasteiger partial charge in [-0.3, -0.25) is 14.5 Å². The number of ether oxygens (including phenoxy) is 1. The molecule has 1 unspecified atom stereocenters. The van der Waals surface area contributed by atoms with Gasteiger partial charge < -0.3 is 4.74 Å². The lowest BCUT2D eigenvalue weighted by molar-refractivity contribution is -0.146. The minimum Gasteiger partial charge on any atom is -0.444 e. The highest BCUT2D eigenvalue weighted by molar-refractivity contribution is 6.63. The van der Waals surface area contributed by atoms with Crippen LogP contribution in [0.1, 0.15) is 24.6 Å². The van der Waals surface area contributed by atoms with Gasteiger partial charge in [-0.2, -0.15) is 0 Å². The van der Waals surface area contributed by atoms with Crippen LogP contribution in [0.3, 0.4) is 0 Å². The summed E-state index contributed by atoms with van der Waals surface area (Å²) in [7, 11) is 0. The molecule has 0 amide bonds. The van der Waals surface area contributed by atoms with E-state index in [2.05, 4.69) is 4.90 Å². The number of rotatable bonds is 5. The molecule has 1 saturated heterocycles. The predicted octanol–water partition coefficient (Wildman–Crippen LogP) is 2.34. The molecule has 1 aromatic carbocycles. The van der Waals surface area contributed by atoms with E-state index in [1.807, 2.05) is 30.3 Å². The first-order valence-corrected chi connectivity index (χ1v) is 6.67. The zero-order valence-electron chi connectivity index (χ0n) is 10.5. The van der Waals surface area contributed by atoms with Gasteiger partial charge >= 0.3 is 0 Å². The van der Waals surface area contributed by atoms with E-state index >= 15 is 0 Å². The molecule has 0 spiro atoms. The Labute approximate surface area is 117 Å². The number of piperidine rings is 1. The highest BCUT2D eigenvalue weighted by Gasteiger charge is 2.29. The molecule has 0 radical (unpaired) electrons. The largest absolute Gasteiger partial charge is 0.444 e. The van der Waals surface area contributed by atoms with Crippen molar-refractivity contribution in [3.05, 3.63) is 35.9 Å². The van der Waals surface area contributed by atoms with Gasteiger partial charge in [-0.25, -0.2) is 0 Å². The molecule has 0 saturated carbocycles. The summed E-state index contributed by atoms with van der Waals surface area (Å²) in [6.07, 6.45) is 1.02. The van der Waals surface area contributed by atoms with E-state index in [9.17, 15) is 9.59 Å². The number of hydrogen-bond acceptors (Lipinski definition) is 4. The highest BCUT2D eigenvalue weighted by Crippen LogP contribution is 2.28. The van der Waals surface area contributed by atoms with E-state index in [1.165, 1.54) is 0 Å². The van der Waals surface area contributed by atoms with Gasteiger partial charge in [0.1, 0.15) is 0 Å². The van der Waals surface area contributed by atoms with Gasteiger partial charge in [-0.05, 0) is 24.4 Å². The fourth-order valence-electron chi connectivity index (χ4n) is 2.41. The number of benzene rings is 1. The lowest BCUT2D eigenvalue weighted by Gasteiger charge is -2.35. The van der Waals surface area contributed by atoms with Crippen molar-refractivity contribution < 1.29 is 14.3 Å². The van der Waals surface area contributed by atoms with Crippen molar-refractivity contribution in [1.29, 1.82) is 0 Å². The van der Waals surface area contributed by atoms with E-state index in [-0.39, 0.29) is 17.4 Å². The minimum absolute atomic E-state index is 0.0782. The van der Waals surface area contributed by atoms with E-state index < -0.39 is 0 Å². The summed E-state index contributed by atoms with van der Waals surface area (Å²) in [6, 6.07) is 9.58. The molecule has 1 heterocycles. The molecule has 1 aliphatic rings. The molecule has 1 aliphatic heterocycles. The quantitative estimate of drug-likeness (QED) is 0.614. The van der Waals surface area contributed by atoms with Crippen LogP contribution in [0.25, 0.3) is 0 Å². The number of nitrogens with zero attached hydrogens (tertiary/aromatic N) is 1. The Morgan fingerprint density at radius 1 is 1.32 bits per heavy atom.